The Morgan fingerprint density at radius 1 is 1.17 bits per heavy atom. The summed E-state index contributed by atoms with van der Waals surface area (Å²) in [4.78, 5) is 12.3. The number of alkyl halides is 3. The Kier molecular flexibility index (Phi) is 5.85. The number of nitriles is 1. The zero-order valence-corrected chi connectivity index (χ0v) is 15.8. The summed E-state index contributed by atoms with van der Waals surface area (Å²) in [7, 11) is 0. The minimum absolute atomic E-state index is 0.0170. The second-order valence-corrected chi connectivity index (χ2v) is 6.44. The van der Waals surface area contributed by atoms with Crippen LogP contribution in [0.1, 0.15) is 11.3 Å². The summed E-state index contributed by atoms with van der Waals surface area (Å²) < 4.78 is 44.3. The first-order chi connectivity index (χ1) is 14.2. The minimum Gasteiger partial charge on any atom is -0.506 e. The lowest BCUT2D eigenvalue weighted by molar-refractivity contribution is -0.137. The first-order valence-electron chi connectivity index (χ1n) is 8.37. The molecule has 0 fully saturated rings. The molecule has 0 saturated heterocycles. The van der Waals surface area contributed by atoms with Gasteiger partial charge in [-0.1, -0.05) is 23.7 Å². The van der Waals surface area contributed by atoms with Crippen LogP contribution < -0.4 is 5.32 Å². The van der Waals surface area contributed by atoms with Crippen LogP contribution in [0.2, 0.25) is 5.02 Å². The van der Waals surface area contributed by atoms with Gasteiger partial charge in [-0.25, -0.2) is 0 Å². The molecule has 5 nitrogen and oxygen atoms in total. The number of carbonyl (C=O) groups is 1. The number of hydrogen-bond acceptors (Lipinski definition) is 4. The zero-order chi connectivity index (χ0) is 21.9. The number of benzene rings is 2. The lowest BCUT2D eigenvalue weighted by Gasteiger charge is -2.09. The van der Waals surface area contributed by atoms with Gasteiger partial charge in [0, 0.05) is 11.6 Å². The normalized spacial score (nSPS) is 11.8. The summed E-state index contributed by atoms with van der Waals surface area (Å²) in [6.07, 6.45) is -3.43. The Hall–Kier alpha value is -3.70. The Bertz CT molecular complexity index is 1180. The third-order valence-electron chi connectivity index (χ3n) is 3.99. The van der Waals surface area contributed by atoms with E-state index in [4.69, 9.17) is 16.0 Å². The number of phenols is 1. The standard InChI is InChI=1S/C21H12ClF3N2O3/c22-16-7-5-13(21(23,24)25)10-15(16)19-8-6-14(30-19)9-12(11-26)20(29)27-17-3-1-2-4-18(17)28/h1-10,28H,(H,27,29)/b12-9+. The fourth-order valence-electron chi connectivity index (χ4n) is 2.53. The lowest BCUT2D eigenvalue weighted by atomic mass is 10.1. The van der Waals surface area contributed by atoms with Crippen molar-refractivity contribution in [2.75, 3.05) is 5.32 Å². The maximum atomic E-state index is 13.0. The molecule has 1 aromatic heterocycles. The number of aromatic hydroxyl groups is 1. The Balaban J connectivity index is 1.88. The molecule has 2 N–H and O–H groups in total. The van der Waals surface area contributed by atoms with Gasteiger partial charge in [0.1, 0.15) is 28.9 Å². The van der Waals surface area contributed by atoms with Crippen LogP contribution in [-0.2, 0) is 11.0 Å². The van der Waals surface area contributed by atoms with Crippen molar-refractivity contribution in [2.24, 2.45) is 0 Å². The Morgan fingerprint density at radius 2 is 1.90 bits per heavy atom. The quantitative estimate of drug-likeness (QED) is 0.306. The number of amides is 1. The molecule has 30 heavy (non-hydrogen) atoms. The maximum Gasteiger partial charge on any atom is 0.416 e. The van der Waals surface area contributed by atoms with Gasteiger partial charge in [-0.2, -0.15) is 18.4 Å². The number of rotatable bonds is 4. The Morgan fingerprint density at radius 3 is 2.57 bits per heavy atom. The first-order valence-corrected chi connectivity index (χ1v) is 8.75. The van der Waals surface area contributed by atoms with Crippen LogP contribution in [-0.4, -0.2) is 11.0 Å². The first kappa shape index (κ1) is 21.0. The Labute approximate surface area is 173 Å². The van der Waals surface area contributed by atoms with Crippen LogP contribution in [0, 0.1) is 11.3 Å². The molecule has 1 heterocycles. The minimum atomic E-state index is -4.55. The van der Waals surface area contributed by atoms with Crippen LogP contribution in [0.25, 0.3) is 17.4 Å². The second kappa shape index (κ2) is 8.35. The highest BCUT2D eigenvalue weighted by molar-refractivity contribution is 6.33. The summed E-state index contributed by atoms with van der Waals surface area (Å²) in [5, 5.41) is 21.4. The molecule has 1 amide bonds. The van der Waals surface area contributed by atoms with E-state index in [9.17, 15) is 28.3 Å². The summed E-state index contributed by atoms with van der Waals surface area (Å²) in [5.74, 6) is -0.880. The molecule has 0 radical (unpaired) electrons. The highest BCUT2D eigenvalue weighted by Gasteiger charge is 2.31. The van der Waals surface area contributed by atoms with Crippen molar-refractivity contribution in [2.45, 2.75) is 6.18 Å². The largest absolute Gasteiger partial charge is 0.506 e. The maximum absolute atomic E-state index is 13.0. The van der Waals surface area contributed by atoms with Crippen LogP contribution in [0.3, 0.4) is 0 Å². The van der Waals surface area contributed by atoms with Gasteiger partial charge in [0.15, 0.2) is 0 Å². The van der Waals surface area contributed by atoms with Crippen molar-refractivity contribution in [3.05, 3.63) is 76.5 Å². The van der Waals surface area contributed by atoms with Gasteiger partial charge in [0.25, 0.3) is 5.91 Å². The molecule has 0 saturated carbocycles. The number of nitrogens with one attached hydrogen (secondary N) is 1. The van der Waals surface area contributed by atoms with Gasteiger partial charge >= 0.3 is 6.18 Å². The molecule has 0 bridgehead atoms. The summed E-state index contributed by atoms with van der Waals surface area (Å²) in [6, 6.07) is 13.3. The van der Waals surface area contributed by atoms with Crippen molar-refractivity contribution in [1.82, 2.24) is 0 Å². The number of nitrogens with zero attached hydrogens (tertiary/aromatic N) is 1. The van der Waals surface area contributed by atoms with Crippen LogP contribution in [0.5, 0.6) is 5.75 Å². The molecule has 9 heteroatoms. The van der Waals surface area contributed by atoms with E-state index in [1.54, 1.807) is 18.2 Å². The van der Waals surface area contributed by atoms with Crippen molar-refractivity contribution in [3.63, 3.8) is 0 Å². The summed E-state index contributed by atoms with van der Waals surface area (Å²) >= 11 is 6.00. The van der Waals surface area contributed by atoms with Crippen LogP contribution in [0.15, 0.2) is 64.6 Å². The molecule has 0 spiro atoms. The molecule has 0 aliphatic heterocycles. The van der Waals surface area contributed by atoms with Crippen molar-refractivity contribution >= 4 is 29.3 Å². The third kappa shape index (κ3) is 4.64. The van der Waals surface area contributed by atoms with Gasteiger partial charge < -0.3 is 14.8 Å². The predicted molar refractivity (Wildman–Crippen MR) is 104 cm³/mol. The molecule has 0 unspecified atom stereocenters. The molecule has 3 aromatic rings. The highest BCUT2D eigenvalue weighted by Crippen LogP contribution is 2.36. The molecule has 0 atom stereocenters. The monoisotopic (exact) mass is 432 g/mol. The molecule has 2 aromatic carbocycles. The van der Waals surface area contributed by atoms with Crippen LogP contribution >= 0.6 is 11.6 Å². The molecular weight excluding hydrogens is 421 g/mol. The number of anilines is 1. The van der Waals surface area contributed by atoms with E-state index in [0.717, 1.165) is 24.3 Å². The molecule has 0 aliphatic rings. The molecular formula is C21H12ClF3N2O3. The number of furan rings is 1. The number of carbonyl (C=O) groups excluding carboxylic acids is 1. The van der Waals surface area contributed by atoms with Crippen molar-refractivity contribution < 1.29 is 27.5 Å². The third-order valence-corrected chi connectivity index (χ3v) is 4.32. The SMILES string of the molecule is N#C/C(=C\c1ccc(-c2cc(C(F)(F)F)ccc2Cl)o1)C(=O)Nc1ccccc1O. The van der Waals surface area contributed by atoms with E-state index in [-0.39, 0.29) is 39.1 Å². The fraction of sp³-hybridized carbons (Fsp3) is 0.0476. The van der Waals surface area contributed by atoms with E-state index in [1.165, 1.54) is 24.3 Å². The highest BCUT2D eigenvalue weighted by atomic mass is 35.5. The average Bonchev–Trinajstić information content (AvgIpc) is 3.15. The van der Waals surface area contributed by atoms with Gasteiger partial charge in [-0.05, 0) is 42.5 Å². The van der Waals surface area contributed by atoms with E-state index in [1.807, 2.05) is 0 Å². The second-order valence-electron chi connectivity index (χ2n) is 6.04. The van der Waals surface area contributed by atoms with Gasteiger partial charge in [-0.15, -0.1) is 0 Å². The number of para-hydroxylation sites is 2. The smallest absolute Gasteiger partial charge is 0.416 e. The topological polar surface area (TPSA) is 86.3 Å². The van der Waals surface area contributed by atoms with E-state index in [0.29, 0.717) is 0 Å². The van der Waals surface area contributed by atoms with Crippen LogP contribution in [0.4, 0.5) is 18.9 Å². The van der Waals surface area contributed by atoms with Gasteiger partial charge in [-0.3, -0.25) is 4.79 Å². The van der Waals surface area contributed by atoms with E-state index in [2.05, 4.69) is 5.32 Å². The molecule has 0 aliphatic carbocycles. The predicted octanol–water partition coefficient (Wildman–Crippen LogP) is 5.87. The van der Waals surface area contributed by atoms with E-state index < -0.39 is 17.6 Å². The lowest BCUT2D eigenvalue weighted by Crippen LogP contribution is -2.13. The average molecular weight is 433 g/mol. The van der Waals surface area contributed by atoms with Gasteiger partial charge in [0.2, 0.25) is 0 Å². The summed E-state index contributed by atoms with van der Waals surface area (Å²) in [6.45, 7) is 0. The van der Waals surface area contributed by atoms with Crippen molar-refractivity contribution in [3.8, 4) is 23.1 Å². The fourth-order valence-corrected chi connectivity index (χ4v) is 2.74. The summed E-state index contributed by atoms with van der Waals surface area (Å²) in [5.41, 5.74) is -1.10. The zero-order valence-electron chi connectivity index (χ0n) is 15.0. The molecule has 152 valence electrons. The number of hydrogen-bond donors (Lipinski definition) is 2. The molecule has 3 rings (SSSR count). The van der Waals surface area contributed by atoms with E-state index >= 15 is 0 Å². The van der Waals surface area contributed by atoms with Crippen molar-refractivity contribution in [1.29, 1.82) is 5.26 Å². The number of phenolic OH excluding ortho intramolecular Hbond substituents is 1. The van der Waals surface area contributed by atoms with Gasteiger partial charge in [0.05, 0.1) is 16.3 Å². The number of halogens is 4.